The van der Waals surface area contributed by atoms with Gasteiger partial charge in [0.15, 0.2) is 0 Å². The molecule has 1 N–H and O–H groups in total. The monoisotopic (exact) mass is 541 g/mol. The van der Waals surface area contributed by atoms with Crippen LogP contribution < -0.4 is 0 Å². The minimum absolute atomic E-state index is 0.0685. The summed E-state index contributed by atoms with van der Waals surface area (Å²) in [6.07, 6.45) is 12.4. The summed E-state index contributed by atoms with van der Waals surface area (Å²) in [6.45, 7) is 2.39. The van der Waals surface area contributed by atoms with Crippen LogP contribution in [0.25, 0.3) is 11.6 Å². The van der Waals surface area contributed by atoms with Gasteiger partial charge in [-0.05, 0) is 31.1 Å². The predicted octanol–water partition coefficient (Wildman–Crippen LogP) is 2.99. The number of carbonyl (C=O) groups is 1. The number of hydrogen-bond acceptors (Lipinski definition) is 8. The van der Waals surface area contributed by atoms with Crippen molar-refractivity contribution in [3.05, 3.63) is 71.1 Å². The zero-order valence-corrected chi connectivity index (χ0v) is 22.8. The Bertz CT molecular complexity index is 1380. The number of nitrogens with one attached hydrogen (secondary N) is 1. The Labute approximate surface area is 217 Å². The molecule has 2 aliphatic heterocycles. The van der Waals surface area contributed by atoms with Crippen LogP contribution in [0, 0.1) is 6.92 Å². The third-order valence-electron chi connectivity index (χ3n) is 6.24. The minimum atomic E-state index is -0.342. The van der Waals surface area contributed by atoms with Crippen molar-refractivity contribution in [3.8, 4) is 11.6 Å². The molecule has 14 heteroatoms. The molecule has 0 aromatic carbocycles. The first-order valence-corrected chi connectivity index (χ1v) is 13.0. The number of hydrogen-bond donors (Lipinski definition) is 1. The lowest BCUT2D eigenvalue weighted by atomic mass is 9.98. The molecule has 0 bridgehead atoms. The van der Waals surface area contributed by atoms with E-state index < -0.39 is 0 Å². The first-order valence-electron chi connectivity index (χ1n) is 11.3. The molecular weight excluding hydrogens is 516 g/mol. The number of allylic oxidation sites excluding steroid dienone is 4. The Balaban J connectivity index is 1.44. The van der Waals surface area contributed by atoms with Gasteiger partial charge in [0.25, 0.3) is 5.89 Å². The van der Waals surface area contributed by atoms with Crippen molar-refractivity contribution in [1.29, 1.82) is 0 Å². The summed E-state index contributed by atoms with van der Waals surface area (Å²) in [4.78, 5) is 23.0. The van der Waals surface area contributed by atoms with Crippen molar-refractivity contribution in [2.24, 2.45) is 11.5 Å². The van der Waals surface area contributed by atoms with E-state index in [4.69, 9.17) is 16.8 Å². The van der Waals surface area contributed by atoms with Gasteiger partial charge in [0.05, 0.1) is 48.1 Å². The number of aryl methyl sites for hydroxylation is 2. The molecule has 0 aliphatic carbocycles. The van der Waals surface area contributed by atoms with E-state index in [0.29, 0.717) is 25.1 Å². The van der Waals surface area contributed by atoms with Crippen LogP contribution >= 0.6 is 18.5 Å². The van der Waals surface area contributed by atoms with Gasteiger partial charge in [-0.1, -0.05) is 16.6 Å². The second kappa shape index (κ2) is 10.1. The average Bonchev–Trinajstić information content (AvgIpc) is 3.61. The smallest absolute Gasteiger partial charge is 0.312 e. The van der Waals surface area contributed by atoms with Crippen LogP contribution in [-0.4, -0.2) is 57.7 Å². The van der Waals surface area contributed by atoms with Gasteiger partial charge >= 0.3 is 11.8 Å². The molecule has 2 aliphatic rings. The van der Waals surface area contributed by atoms with Gasteiger partial charge in [-0.2, -0.15) is 5.10 Å². The molecular formula is C22H25N9O2P2S. The first kappa shape index (κ1) is 24.6. The number of fused-ring (bicyclic) bond motifs is 1. The summed E-state index contributed by atoms with van der Waals surface area (Å²) in [7, 11) is 7.24. The maximum absolute atomic E-state index is 13.6. The van der Waals surface area contributed by atoms with Crippen molar-refractivity contribution in [3.63, 3.8) is 0 Å². The van der Waals surface area contributed by atoms with Crippen molar-refractivity contribution >= 4 is 36.8 Å². The Morgan fingerprint density at radius 3 is 2.97 bits per heavy atom. The standard InChI is InChI=1S/C22H25N9O2P2S/c1-12-10-25-29(2)18(12)19-26-27-20(33-19)21(32)30-9-8-14-17(24-11-23-14)15(30)7-6-13-4-3-5-16(22(34)35)31(13)28-36/h3-6,10-11,15,22H,7-9,34-35H2,1-2H3,(H,23,24)/b13-6-/t15-/m0/s1. The highest BCUT2D eigenvalue weighted by atomic mass is 32.1. The second-order valence-corrected chi connectivity index (χ2v) is 10.8. The van der Waals surface area contributed by atoms with Gasteiger partial charge in [-0.3, -0.25) is 9.48 Å². The summed E-state index contributed by atoms with van der Waals surface area (Å²) in [5.74, 6) is -0.156. The van der Waals surface area contributed by atoms with Crippen molar-refractivity contribution in [1.82, 2.24) is 39.9 Å². The molecule has 0 fully saturated rings. The van der Waals surface area contributed by atoms with E-state index in [1.54, 1.807) is 34.2 Å². The van der Waals surface area contributed by atoms with E-state index in [0.717, 1.165) is 28.3 Å². The number of aromatic amines is 1. The normalized spacial score (nSPS) is 18.6. The Morgan fingerprint density at radius 2 is 2.25 bits per heavy atom. The fraction of sp³-hybridized carbons (Fsp3) is 0.318. The molecule has 5 heterocycles. The number of rotatable bonds is 6. The van der Waals surface area contributed by atoms with Crippen LogP contribution in [0.4, 0.5) is 0 Å². The number of nitrogens with zero attached hydrogens (tertiary/aromatic N) is 8. The van der Waals surface area contributed by atoms with Gasteiger partial charge in [-0.25, -0.2) is 9.99 Å². The summed E-state index contributed by atoms with van der Waals surface area (Å²) in [5, 5.41) is 14.2. The largest absolute Gasteiger partial charge is 0.411 e. The summed E-state index contributed by atoms with van der Waals surface area (Å²) < 4.78 is 11.5. The Hall–Kier alpha value is -3.07. The van der Waals surface area contributed by atoms with E-state index in [1.807, 2.05) is 31.2 Å². The average molecular weight is 542 g/mol. The van der Waals surface area contributed by atoms with Gasteiger partial charge in [-0.15, -0.1) is 28.7 Å². The van der Waals surface area contributed by atoms with Crippen LogP contribution in [0.5, 0.6) is 0 Å². The van der Waals surface area contributed by atoms with Gasteiger partial charge in [0.2, 0.25) is 0 Å². The van der Waals surface area contributed by atoms with Crippen LogP contribution in [-0.2, 0) is 25.9 Å². The van der Waals surface area contributed by atoms with Crippen LogP contribution in [0.1, 0.15) is 40.1 Å². The molecule has 0 saturated heterocycles. The molecule has 186 valence electrons. The van der Waals surface area contributed by atoms with E-state index in [1.165, 1.54) is 0 Å². The number of H-pyrrole nitrogens is 1. The molecule has 1 amide bonds. The molecule has 36 heavy (non-hydrogen) atoms. The lowest BCUT2D eigenvalue weighted by Crippen LogP contribution is -2.40. The highest BCUT2D eigenvalue weighted by Gasteiger charge is 2.35. The number of amides is 1. The lowest BCUT2D eigenvalue weighted by Gasteiger charge is -2.34. The van der Waals surface area contributed by atoms with Crippen molar-refractivity contribution in [2.75, 3.05) is 6.54 Å². The van der Waals surface area contributed by atoms with E-state index in [-0.39, 0.29) is 29.1 Å². The second-order valence-electron chi connectivity index (χ2n) is 8.48. The predicted molar refractivity (Wildman–Crippen MR) is 142 cm³/mol. The quantitative estimate of drug-likeness (QED) is 0.473. The van der Waals surface area contributed by atoms with Crippen molar-refractivity contribution in [2.45, 2.75) is 31.2 Å². The van der Waals surface area contributed by atoms with Crippen LogP contribution in [0.3, 0.4) is 0 Å². The van der Waals surface area contributed by atoms with Gasteiger partial charge < -0.3 is 14.3 Å². The SMILES string of the molecule is Cc1cnn(C)c1-c1nnc(C(=O)N2CCc3[nH]cnc3[C@@H]2C/C=C2/C=CC=C(C(P)P)N2N=S)o1. The van der Waals surface area contributed by atoms with E-state index in [2.05, 4.69) is 48.2 Å². The molecule has 0 saturated carbocycles. The molecule has 3 aromatic rings. The number of carbonyl (C=O) groups excluding carboxylic acids is 1. The summed E-state index contributed by atoms with van der Waals surface area (Å²) in [5.41, 5.74) is 5.17. The molecule has 0 radical (unpaired) electrons. The fourth-order valence-corrected chi connectivity index (χ4v) is 5.18. The molecule has 0 spiro atoms. The number of imidazole rings is 1. The zero-order valence-electron chi connectivity index (χ0n) is 19.7. The van der Waals surface area contributed by atoms with Gasteiger partial charge in [0.1, 0.15) is 5.69 Å². The third-order valence-corrected chi connectivity index (χ3v) is 7.08. The first-order chi connectivity index (χ1) is 17.4. The lowest BCUT2D eigenvalue weighted by molar-refractivity contribution is 0.0616. The maximum Gasteiger partial charge on any atom is 0.312 e. The topological polar surface area (TPSA) is 121 Å². The van der Waals surface area contributed by atoms with Crippen LogP contribution in [0.2, 0.25) is 0 Å². The van der Waals surface area contributed by atoms with Gasteiger partial charge in [0, 0.05) is 31.1 Å². The summed E-state index contributed by atoms with van der Waals surface area (Å²) in [6, 6.07) is -0.327. The Morgan fingerprint density at radius 1 is 1.42 bits per heavy atom. The van der Waals surface area contributed by atoms with Crippen molar-refractivity contribution < 1.29 is 9.21 Å². The highest BCUT2D eigenvalue weighted by Crippen LogP contribution is 2.35. The molecule has 5 rings (SSSR count). The molecule has 2 unspecified atom stereocenters. The van der Waals surface area contributed by atoms with Crippen LogP contribution in [0.15, 0.2) is 57.1 Å². The third kappa shape index (κ3) is 4.45. The number of aromatic nitrogens is 6. The van der Waals surface area contributed by atoms with E-state index in [9.17, 15) is 4.79 Å². The highest BCUT2D eigenvalue weighted by molar-refractivity contribution is 7.47. The Kier molecular flexibility index (Phi) is 6.92. The maximum atomic E-state index is 13.6. The zero-order chi connectivity index (χ0) is 25.4. The van der Waals surface area contributed by atoms with E-state index >= 15 is 0 Å². The molecule has 3 atom stereocenters. The molecule has 11 nitrogen and oxygen atoms in total. The fourth-order valence-electron chi connectivity index (χ4n) is 4.49. The summed E-state index contributed by atoms with van der Waals surface area (Å²) >= 11 is 5.05. The molecule has 3 aromatic heterocycles. The minimum Gasteiger partial charge on any atom is -0.411 e.